The van der Waals surface area contributed by atoms with Crippen LogP contribution in [0, 0.1) is 0 Å². The zero-order chi connectivity index (χ0) is 14.8. The topological polar surface area (TPSA) is 32.0 Å². The first-order valence-corrected chi connectivity index (χ1v) is 7.36. The van der Waals surface area contributed by atoms with E-state index in [1.165, 1.54) is 10.9 Å². The summed E-state index contributed by atoms with van der Waals surface area (Å²) in [6, 6.07) is 8.36. The van der Waals surface area contributed by atoms with E-state index in [1.54, 1.807) is 0 Å². The van der Waals surface area contributed by atoms with Crippen LogP contribution in [0.25, 0.3) is 10.9 Å². The van der Waals surface area contributed by atoms with Crippen LogP contribution in [0.2, 0.25) is 0 Å². The van der Waals surface area contributed by atoms with E-state index in [2.05, 4.69) is 52.4 Å². The number of aromatic nitrogens is 3. The van der Waals surface area contributed by atoms with Gasteiger partial charge in [0.2, 0.25) is 0 Å². The molecule has 2 heterocycles. The first kappa shape index (κ1) is 13.7. The fourth-order valence-corrected chi connectivity index (χ4v) is 2.60. The molecule has 0 radical (unpaired) electrons. The molecule has 4 heteroatoms. The van der Waals surface area contributed by atoms with Crippen molar-refractivity contribution in [3.8, 4) is 5.75 Å². The highest BCUT2D eigenvalue weighted by atomic mass is 16.5. The highest BCUT2D eigenvalue weighted by Gasteiger charge is 2.08. The maximum absolute atomic E-state index is 5.88. The van der Waals surface area contributed by atoms with Crippen LogP contribution in [0.5, 0.6) is 5.75 Å². The number of benzene rings is 1. The van der Waals surface area contributed by atoms with Gasteiger partial charge in [-0.05, 0) is 32.0 Å². The Labute approximate surface area is 125 Å². The Balaban J connectivity index is 1.85. The number of hydrogen-bond acceptors (Lipinski definition) is 2. The molecule has 0 unspecified atom stereocenters. The average molecular weight is 283 g/mol. The van der Waals surface area contributed by atoms with Crippen molar-refractivity contribution < 1.29 is 4.74 Å². The SMILES string of the molecule is CC(C)Oc1cccc2c1ccn2CCc1nccn1C. The second-order valence-electron chi connectivity index (χ2n) is 5.57. The summed E-state index contributed by atoms with van der Waals surface area (Å²) < 4.78 is 10.2. The van der Waals surface area contributed by atoms with E-state index in [4.69, 9.17) is 4.74 Å². The molecule has 0 atom stereocenters. The lowest BCUT2D eigenvalue weighted by atomic mass is 10.2. The van der Waals surface area contributed by atoms with Gasteiger partial charge in [-0.3, -0.25) is 0 Å². The molecule has 0 spiro atoms. The molecule has 3 aromatic rings. The Bertz CT molecular complexity index is 739. The summed E-state index contributed by atoms with van der Waals surface area (Å²) >= 11 is 0. The standard InChI is InChI=1S/C17H21N3O/c1-13(2)21-16-6-4-5-15-14(16)7-10-20(15)11-8-17-18-9-12-19(17)3/h4-7,9-10,12-13H,8,11H2,1-3H3. The molecule has 0 aliphatic rings. The summed E-state index contributed by atoms with van der Waals surface area (Å²) in [6.45, 7) is 5.02. The molecular formula is C17H21N3O. The molecule has 0 fully saturated rings. The molecule has 110 valence electrons. The first-order valence-electron chi connectivity index (χ1n) is 7.36. The van der Waals surface area contributed by atoms with Crippen molar-refractivity contribution in [2.45, 2.75) is 32.9 Å². The minimum absolute atomic E-state index is 0.187. The van der Waals surface area contributed by atoms with Crippen molar-refractivity contribution >= 4 is 10.9 Å². The van der Waals surface area contributed by atoms with Gasteiger partial charge in [0.1, 0.15) is 11.6 Å². The van der Waals surface area contributed by atoms with Gasteiger partial charge in [0, 0.05) is 44.0 Å². The number of fused-ring (bicyclic) bond motifs is 1. The molecule has 4 nitrogen and oxygen atoms in total. The van der Waals surface area contributed by atoms with Gasteiger partial charge in [0.25, 0.3) is 0 Å². The van der Waals surface area contributed by atoms with Crippen molar-refractivity contribution in [1.82, 2.24) is 14.1 Å². The molecule has 0 saturated carbocycles. The molecular weight excluding hydrogens is 262 g/mol. The Morgan fingerprint density at radius 1 is 1.19 bits per heavy atom. The minimum atomic E-state index is 0.187. The maximum Gasteiger partial charge on any atom is 0.129 e. The summed E-state index contributed by atoms with van der Waals surface area (Å²) in [5, 5.41) is 1.17. The molecule has 2 aromatic heterocycles. The highest BCUT2D eigenvalue weighted by Crippen LogP contribution is 2.27. The van der Waals surface area contributed by atoms with E-state index in [1.807, 2.05) is 25.5 Å². The third-order valence-electron chi connectivity index (χ3n) is 3.63. The monoisotopic (exact) mass is 283 g/mol. The summed E-state index contributed by atoms with van der Waals surface area (Å²) in [7, 11) is 2.03. The third-order valence-corrected chi connectivity index (χ3v) is 3.63. The fraction of sp³-hybridized carbons (Fsp3) is 0.353. The average Bonchev–Trinajstić information content (AvgIpc) is 3.03. The van der Waals surface area contributed by atoms with Gasteiger partial charge in [-0.1, -0.05) is 6.07 Å². The van der Waals surface area contributed by atoms with E-state index in [-0.39, 0.29) is 6.10 Å². The van der Waals surface area contributed by atoms with E-state index < -0.39 is 0 Å². The van der Waals surface area contributed by atoms with Gasteiger partial charge in [0.05, 0.1) is 11.6 Å². The van der Waals surface area contributed by atoms with Crippen LogP contribution in [0.15, 0.2) is 42.9 Å². The van der Waals surface area contributed by atoms with Crippen molar-refractivity contribution in [2.75, 3.05) is 0 Å². The highest BCUT2D eigenvalue weighted by molar-refractivity contribution is 5.86. The van der Waals surface area contributed by atoms with E-state index in [0.29, 0.717) is 0 Å². The lowest BCUT2D eigenvalue weighted by Gasteiger charge is -2.11. The first-order chi connectivity index (χ1) is 10.1. The Morgan fingerprint density at radius 3 is 2.76 bits per heavy atom. The number of rotatable bonds is 5. The number of aryl methyl sites for hydroxylation is 3. The second kappa shape index (κ2) is 5.64. The molecule has 0 saturated heterocycles. The Kier molecular flexibility index (Phi) is 3.69. The molecule has 0 N–H and O–H groups in total. The minimum Gasteiger partial charge on any atom is -0.490 e. The summed E-state index contributed by atoms with van der Waals surface area (Å²) in [6.07, 6.45) is 7.06. The van der Waals surface area contributed by atoms with Crippen LogP contribution >= 0.6 is 0 Å². The van der Waals surface area contributed by atoms with E-state index in [0.717, 1.165) is 24.5 Å². The zero-order valence-electron chi connectivity index (χ0n) is 12.8. The van der Waals surface area contributed by atoms with Crippen molar-refractivity contribution in [3.63, 3.8) is 0 Å². The van der Waals surface area contributed by atoms with Crippen LogP contribution in [0.3, 0.4) is 0 Å². The quantitative estimate of drug-likeness (QED) is 0.718. The molecule has 0 aliphatic carbocycles. The summed E-state index contributed by atoms with van der Waals surface area (Å²) in [4.78, 5) is 4.38. The number of nitrogens with zero attached hydrogens (tertiary/aromatic N) is 3. The van der Waals surface area contributed by atoms with Gasteiger partial charge in [-0.25, -0.2) is 4.98 Å². The fourth-order valence-electron chi connectivity index (χ4n) is 2.60. The summed E-state index contributed by atoms with van der Waals surface area (Å²) in [5.74, 6) is 2.06. The van der Waals surface area contributed by atoms with Gasteiger partial charge in [0.15, 0.2) is 0 Å². The maximum atomic E-state index is 5.88. The van der Waals surface area contributed by atoms with Gasteiger partial charge in [-0.2, -0.15) is 0 Å². The molecule has 0 bridgehead atoms. The third kappa shape index (κ3) is 2.79. The van der Waals surface area contributed by atoms with E-state index >= 15 is 0 Å². The normalized spacial score (nSPS) is 11.4. The zero-order valence-corrected chi connectivity index (χ0v) is 12.8. The lowest BCUT2D eigenvalue weighted by molar-refractivity contribution is 0.245. The second-order valence-corrected chi connectivity index (χ2v) is 5.57. The predicted molar refractivity (Wildman–Crippen MR) is 84.6 cm³/mol. The number of ether oxygens (including phenoxy) is 1. The van der Waals surface area contributed by atoms with Crippen molar-refractivity contribution in [2.24, 2.45) is 7.05 Å². The smallest absolute Gasteiger partial charge is 0.129 e. The van der Waals surface area contributed by atoms with Crippen LogP contribution < -0.4 is 4.74 Å². The van der Waals surface area contributed by atoms with Gasteiger partial charge >= 0.3 is 0 Å². The molecule has 21 heavy (non-hydrogen) atoms. The van der Waals surface area contributed by atoms with Crippen molar-refractivity contribution in [1.29, 1.82) is 0 Å². The summed E-state index contributed by atoms with van der Waals surface area (Å²) in [5.41, 5.74) is 1.21. The van der Waals surface area contributed by atoms with Crippen molar-refractivity contribution in [3.05, 3.63) is 48.7 Å². The van der Waals surface area contributed by atoms with Crippen LogP contribution in [0.1, 0.15) is 19.7 Å². The lowest BCUT2D eigenvalue weighted by Crippen LogP contribution is -2.06. The Morgan fingerprint density at radius 2 is 2.05 bits per heavy atom. The molecule has 0 amide bonds. The number of hydrogen-bond donors (Lipinski definition) is 0. The van der Waals surface area contributed by atoms with Gasteiger partial charge < -0.3 is 13.9 Å². The van der Waals surface area contributed by atoms with Crippen LogP contribution in [-0.4, -0.2) is 20.2 Å². The van der Waals surface area contributed by atoms with Gasteiger partial charge in [-0.15, -0.1) is 0 Å². The van der Waals surface area contributed by atoms with Crippen LogP contribution in [-0.2, 0) is 20.0 Å². The molecule has 0 aliphatic heterocycles. The van der Waals surface area contributed by atoms with E-state index in [9.17, 15) is 0 Å². The Hall–Kier alpha value is -2.23. The predicted octanol–water partition coefficient (Wildman–Crippen LogP) is 3.40. The molecule has 3 rings (SSSR count). The number of imidazole rings is 1. The molecule has 1 aromatic carbocycles. The van der Waals surface area contributed by atoms with Crippen LogP contribution in [0.4, 0.5) is 0 Å². The largest absolute Gasteiger partial charge is 0.490 e.